The van der Waals surface area contributed by atoms with E-state index in [1.54, 1.807) is 32.4 Å². The molecule has 5 nitrogen and oxygen atoms in total. The number of rotatable bonds is 4. The Hall–Kier alpha value is -1.46. The number of likely N-dealkylation sites (tertiary alicyclic amines) is 1. The fourth-order valence-corrected chi connectivity index (χ4v) is 2.74. The van der Waals surface area contributed by atoms with E-state index in [0.717, 1.165) is 25.9 Å². The number of benzene rings is 1. The maximum atomic E-state index is 12.6. The van der Waals surface area contributed by atoms with Crippen molar-refractivity contribution in [3.8, 4) is 11.5 Å². The van der Waals surface area contributed by atoms with Gasteiger partial charge in [-0.2, -0.15) is 0 Å². The van der Waals surface area contributed by atoms with Gasteiger partial charge in [0.1, 0.15) is 11.5 Å². The fourth-order valence-electron chi connectivity index (χ4n) is 2.74. The van der Waals surface area contributed by atoms with Crippen LogP contribution >= 0.6 is 12.4 Å². The van der Waals surface area contributed by atoms with E-state index in [0.29, 0.717) is 23.0 Å². The highest BCUT2D eigenvalue weighted by atomic mass is 35.5. The number of hydrogen-bond donors (Lipinski definition) is 1. The largest absolute Gasteiger partial charge is 0.497 e. The second kappa shape index (κ2) is 8.25. The first kappa shape index (κ1) is 18.6. The Morgan fingerprint density at radius 1 is 1.18 bits per heavy atom. The number of carbonyl (C=O) groups excluding carboxylic acids is 1. The highest BCUT2D eigenvalue weighted by Gasteiger charge is 2.25. The van der Waals surface area contributed by atoms with Gasteiger partial charge in [0.05, 0.1) is 14.2 Å². The van der Waals surface area contributed by atoms with Gasteiger partial charge < -0.3 is 20.1 Å². The zero-order chi connectivity index (χ0) is 15.4. The zero-order valence-electron chi connectivity index (χ0n) is 13.4. The Kier molecular flexibility index (Phi) is 6.97. The molecule has 1 aromatic rings. The summed E-state index contributed by atoms with van der Waals surface area (Å²) < 4.78 is 10.4. The molecule has 1 aliphatic heterocycles. The molecule has 2 rings (SSSR count). The van der Waals surface area contributed by atoms with Crippen molar-refractivity contribution in [3.05, 3.63) is 23.8 Å². The summed E-state index contributed by atoms with van der Waals surface area (Å²) in [5.74, 6) is 1.79. The highest BCUT2D eigenvalue weighted by molar-refractivity contribution is 5.95. The minimum atomic E-state index is 0. The highest BCUT2D eigenvalue weighted by Crippen LogP contribution is 2.25. The molecule has 22 heavy (non-hydrogen) atoms. The summed E-state index contributed by atoms with van der Waals surface area (Å²) in [6.07, 6.45) is 1.93. The van der Waals surface area contributed by atoms with Gasteiger partial charge in [-0.15, -0.1) is 12.4 Å². The van der Waals surface area contributed by atoms with Crippen LogP contribution in [-0.4, -0.2) is 44.2 Å². The van der Waals surface area contributed by atoms with Crippen LogP contribution in [0.4, 0.5) is 0 Å². The number of piperidine rings is 1. The molecule has 124 valence electrons. The number of nitrogens with zero attached hydrogens (tertiary/aromatic N) is 1. The summed E-state index contributed by atoms with van der Waals surface area (Å²) in [5.41, 5.74) is 6.54. The van der Waals surface area contributed by atoms with E-state index in [1.165, 1.54) is 0 Å². The molecule has 1 aliphatic rings. The number of methoxy groups -OCH3 is 2. The van der Waals surface area contributed by atoms with E-state index in [4.69, 9.17) is 15.2 Å². The lowest BCUT2D eigenvalue weighted by Crippen LogP contribution is -2.42. The molecule has 0 bridgehead atoms. The number of hydrogen-bond acceptors (Lipinski definition) is 4. The fraction of sp³-hybridized carbons (Fsp3) is 0.562. The number of ether oxygens (including phenoxy) is 2. The average Bonchev–Trinajstić information content (AvgIpc) is 2.53. The molecule has 0 saturated carbocycles. The first-order valence-corrected chi connectivity index (χ1v) is 7.33. The molecule has 0 radical (unpaired) electrons. The van der Waals surface area contributed by atoms with Crippen LogP contribution in [0, 0.1) is 5.92 Å². The Morgan fingerprint density at radius 3 is 2.09 bits per heavy atom. The lowest BCUT2D eigenvalue weighted by atomic mass is 9.90. The first-order valence-electron chi connectivity index (χ1n) is 7.33. The van der Waals surface area contributed by atoms with Crippen molar-refractivity contribution in [2.45, 2.75) is 25.8 Å². The quantitative estimate of drug-likeness (QED) is 0.921. The molecule has 1 unspecified atom stereocenters. The minimum Gasteiger partial charge on any atom is -0.497 e. The van der Waals surface area contributed by atoms with Crippen LogP contribution in [0.15, 0.2) is 18.2 Å². The van der Waals surface area contributed by atoms with E-state index in [9.17, 15) is 4.79 Å². The SMILES string of the molecule is COc1cc(OC)cc(C(=O)N2CCC(C(C)N)CC2)c1.Cl. The molecule has 1 aromatic carbocycles. The van der Waals surface area contributed by atoms with Gasteiger partial charge >= 0.3 is 0 Å². The summed E-state index contributed by atoms with van der Waals surface area (Å²) in [5, 5.41) is 0. The van der Waals surface area contributed by atoms with Crippen molar-refractivity contribution in [2.75, 3.05) is 27.3 Å². The second-order valence-corrected chi connectivity index (χ2v) is 5.59. The molecule has 6 heteroatoms. The summed E-state index contributed by atoms with van der Waals surface area (Å²) in [7, 11) is 3.16. The molecule has 0 aromatic heterocycles. The predicted molar refractivity (Wildman–Crippen MR) is 89.1 cm³/mol. The lowest BCUT2D eigenvalue weighted by molar-refractivity contribution is 0.0680. The third-order valence-corrected chi connectivity index (χ3v) is 4.17. The van der Waals surface area contributed by atoms with Crippen molar-refractivity contribution in [1.29, 1.82) is 0 Å². The Labute approximate surface area is 138 Å². The molecule has 1 heterocycles. The van der Waals surface area contributed by atoms with Crippen molar-refractivity contribution < 1.29 is 14.3 Å². The summed E-state index contributed by atoms with van der Waals surface area (Å²) in [6, 6.07) is 5.46. The van der Waals surface area contributed by atoms with Crippen LogP contribution < -0.4 is 15.2 Å². The van der Waals surface area contributed by atoms with Crippen LogP contribution in [-0.2, 0) is 0 Å². The van der Waals surface area contributed by atoms with Gasteiger partial charge in [0.25, 0.3) is 5.91 Å². The zero-order valence-corrected chi connectivity index (χ0v) is 14.2. The molecule has 1 atom stereocenters. The average molecular weight is 329 g/mol. The van der Waals surface area contributed by atoms with Gasteiger partial charge in [0.2, 0.25) is 0 Å². The molecule has 1 amide bonds. The van der Waals surface area contributed by atoms with Gasteiger partial charge in [-0.25, -0.2) is 0 Å². The van der Waals surface area contributed by atoms with Crippen LogP contribution in [0.25, 0.3) is 0 Å². The van der Waals surface area contributed by atoms with Gasteiger partial charge in [-0.05, 0) is 37.8 Å². The Balaban J connectivity index is 0.00000242. The van der Waals surface area contributed by atoms with Gasteiger partial charge in [0, 0.05) is 30.8 Å². The van der Waals surface area contributed by atoms with E-state index in [-0.39, 0.29) is 24.4 Å². The van der Waals surface area contributed by atoms with E-state index < -0.39 is 0 Å². The topological polar surface area (TPSA) is 64.8 Å². The normalized spacial score (nSPS) is 16.6. The number of carbonyl (C=O) groups is 1. The number of nitrogens with two attached hydrogens (primary N) is 1. The molecule has 0 aliphatic carbocycles. The molecular formula is C16H25ClN2O3. The molecule has 1 fully saturated rings. The monoisotopic (exact) mass is 328 g/mol. The molecular weight excluding hydrogens is 304 g/mol. The van der Waals surface area contributed by atoms with Crippen LogP contribution in [0.3, 0.4) is 0 Å². The summed E-state index contributed by atoms with van der Waals surface area (Å²) in [4.78, 5) is 14.5. The molecule has 1 saturated heterocycles. The second-order valence-electron chi connectivity index (χ2n) is 5.59. The number of amides is 1. The van der Waals surface area contributed by atoms with Crippen molar-refractivity contribution in [2.24, 2.45) is 11.7 Å². The third kappa shape index (κ3) is 4.27. The molecule has 2 N–H and O–H groups in total. The van der Waals surface area contributed by atoms with Gasteiger partial charge in [0.15, 0.2) is 0 Å². The number of halogens is 1. The molecule has 0 spiro atoms. The van der Waals surface area contributed by atoms with Gasteiger partial charge in [-0.1, -0.05) is 0 Å². The van der Waals surface area contributed by atoms with Crippen molar-refractivity contribution in [1.82, 2.24) is 4.90 Å². The minimum absolute atomic E-state index is 0. The van der Waals surface area contributed by atoms with E-state index in [1.807, 2.05) is 11.8 Å². The standard InChI is InChI=1S/C16H24N2O3.ClH/c1-11(17)12-4-6-18(7-5-12)16(19)13-8-14(20-2)10-15(9-13)21-3;/h8-12H,4-7,17H2,1-3H3;1H. The first-order chi connectivity index (χ1) is 10.0. The van der Waals surface area contributed by atoms with Crippen LogP contribution in [0.2, 0.25) is 0 Å². The predicted octanol–water partition coefficient (Wildman–Crippen LogP) is 2.33. The maximum absolute atomic E-state index is 12.6. The van der Waals surface area contributed by atoms with Crippen molar-refractivity contribution in [3.63, 3.8) is 0 Å². The lowest BCUT2D eigenvalue weighted by Gasteiger charge is -2.33. The Morgan fingerprint density at radius 2 is 1.68 bits per heavy atom. The Bertz CT molecular complexity index is 478. The van der Waals surface area contributed by atoms with E-state index in [2.05, 4.69) is 0 Å². The van der Waals surface area contributed by atoms with Crippen LogP contribution in [0.5, 0.6) is 11.5 Å². The summed E-state index contributed by atoms with van der Waals surface area (Å²) in [6.45, 7) is 3.55. The smallest absolute Gasteiger partial charge is 0.254 e. The maximum Gasteiger partial charge on any atom is 0.254 e. The van der Waals surface area contributed by atoms with Crippen molar-refractivity contribution >= 4 is 18.3 Å². The van der Waals surface area contributed by atoms with E-state index >= 15 is 0 Å². The van der Waals surface area contributed by atoms with Gasteiger partial charge in [-0.3, -0.25) is 4.79 Å². The summed E-state index contributed by atoms with van der Waals surface area (Å²) >= 11 is 0. The third-order valence-electron chi connectivity index (χ3n) is 4.17. The van der Waals surface area contributed by atoms with Crippen LogP contribution in [0.1, 0.15) is 30.1 Å².